The summed E-state index contributed by atoms with van der Waals surface area (Å²) in [5, 5.41) is 11.9. The lowest BCUT2D eigenvalue weighted by Gasteiger charge is -2.10. The average Bonchev–Trinajstić information content (AvgIpc) is 3.31. The van der Waals surface area contributed by atoms with Crippen LogP contribution in [-0.2, 0) is 12.3 Å². The zero-order valence-electron chi connectivity index (χ0n) is 16.9. The Bertz CT molecular complexity index is 1180. The second kappa shape index (κ2) is 8.98. The van der Waals surface area contributed by atoms with Gasteiger partial charge in [-0.3, -0.25) is 4.57 Å². The van der Waals surface area contributed by atoms with Crippen LogP contribution < -0.4 is 0 Å². The first-order chi connectivity index (χ1) is 14.6. The van der Waals surface area contributed by atoms with Gasteiger partial charge < -0.3 is 0 Å². The van der Waals surface area contributed by atoms with Gasteiger partial charge in [0.2, 0.25) is 0 Å². The van der Waals surface area contributed by atoms with Crippen LogP contribution in [0.3, 0.4) is 0 Å². The van der Waals surface area contributed by atoms with E-state index in [0.717, 1.165) is 22.1 Å². The molecule has 0 saturated heterocycles. The van der Waals surface area contributed by atoms with E-state index in [9.17, 15) is 4.39 Å². The highest BCUT2D eigenvalue weighted by Crippen LogP contribution is 2.39. The maximum absolute atomic E-state index is 13.5. The molecule has 0 fully saturated rings. The van der Waals surface area contributed by atoms with Crippen molar-refractivity contribution in [2.45, 2.75) is 31.3 Å². The van der Waals surface area contributed by atoms with E-state index in [2.05, 4.69) is 64.8 Å². The molecule has 0 bridgehead atoms. The monoisotopic (exact) mass is 435 g/mol. The van der Waals surface area contributed by atoms with Crippen molar-refractivity contribution in [1.29, 1.82) is 0 Å². The van der Waals surface area contributed by atoms with E-state index in [1.54, 1.807) is 35.2 Å². The van der Waals surface area contributed by atoms with Crippen molar-refractivity contribution in [3.05, 3.63) is 88.4 Å². The highest BCUT2D eigenvalue weighted by Gasteiger charge is 2.20. The third kappa shape index (κ3) is 4.25. The van der Waals surface area contributed by atoms with Gasteiger partial charge in [0, 0.05) is 33.7 Å². The summed E-state index contributed by atoms with van der Waals surface area (Å²) < 4.78 is 15.6. The molecule has 2 aromatic heterocycles. The van der Waals surface area contributed by atoms with Gasteiger partial charge in [-0.25, -0.2) is 4.39 Å². The maximum Gasteiger partial charge on any atom is 0.192 e. The third-order valence-corrected chi connectivity index (χ3v) is 6.79. The van der Waals surface area contributed by atoms with Crippen LogP contribution in [0.25, 0.3) is 22.5 Å². The Morgan fingerprint density at radius 3 is 2.67 bits per heavy atom. The summed E-state index contributed by atoms with van der Waals surface area (Å²) in [6.07, 6.45) is 1.85. The molecule has 0 aliphatic rings. The number of hydrogen-bond acceptors (Lipinski definition) is 4. The fourth-order valence-corrected chi connectivity index (χ4v) is 5.12. The highest BCUT2D eigenvalue weighted by molar-refractivity contribution is 7.98. The van der Waals surface area contributed by atoms with E-state index in [0.29, 0.717) is 12.3 Å². The molecule has 0 saturated carbocycles. The summed E-state index contributed by atoms with van der Waals surface area (Å²) in [6, 6.07) is 15.2. The molecule has 4 rings (SSSR count). The number of rotatable bonds is 7. The van der Waals surface area contributed by atoms with Gasteiger partial charge in [0.15, 0.2) is 11.0 Å². The number of halogens is 1. The SMILES string of the molecule is C=CCn1c(SCc2cccc(F)c2)nnc1-c1csc(C)c1-c1ccc(C)cc1. The predicted octanol–water partition coefficient (Wildman–Crippen LogP) is 6.91. The molecule has 30 heavy (non-hydrogen) atoms. The Kier molecular flexibility index (Phi) is 6.16. The molecule has 0 spiro atoms. The Balaban J connectivity index is 1.70. The van der Waals surface area contributed by atoms with E-state index >= 15 is 0 Å². The number of hydrogen-bond donors (Lipinski definition) is 0. The number of thioether (sulfide) groups is 1. The second-order valence-corrected chi connectivity index (χ2v) is 9.10. The number of aryl methyl sites for hydroxylation is 2. The summed E-state index contributed by atoms with van der Waals surface area (Å²) in [7, 11) is 0. The summed E-state index contributed by atoms with van der Waals surface area (Å²) >= 11 is 3.27. The first kappa shape index (κ1) is 20.6. The molecule has 4 aromatic rings. The molecule has 0 unspecified atom stereocenters. The summed E-state index contributed by atoms with van der Waals surface area (Å²) in [5.41, 5.74) is 5.60. The molecule has 0 N–H and O–H groups in total. The van der Waals surface area contributed by atoms with E-state index in [1.807, 2.05) is 12.1 Å². The van der Waals surface area contributed by atoms with Gasteiger partial charge in [0.25, 0.3) is 0 Å². The topological polar surface area (TPSA) is 30.7 Å². The summed E-state index contributed by atoms with van der Waals surface area (Å²) in [6.45, 7) is 8.74. The minimum absolute atomic E-state index is 0.224. The molecule has 0 aliphatic carbocycles. The van der Waals surface area contributed by atoms with E-state index < -0.39 is 0 Å². The minimum atomic E-state index is -0.224. The van der Waals surface area contributed by atoms with Crippen LogP contribution in [0.4, 0.5) is 4.39 Å². The molecular formula is C24H22FN3S2. The van der Waals surface area contributed by atoms with Crippen molar-refractivity contribution < 1.29 is 4.39 Å². The average molecular weight is 436 g/mol. The Hall–Kier alpha value is -2.70. The molecule has 152 valence electrons. The van der Waals surface area contributed by atoms with Crippen LogP contribution in [0, 0.1) is 19.7 Å². The molecular weight excluding hydrogens is 413 g/mol. The van der Waals surface area contributed by atoms with Crippen LogP contribution in [0.2, 0.25) is 0 Å². The molecule has 0 atom stereocenters. The lowest BCUT2D eigenvalue weighted by atomic mass is 10.0. The molecule has 0 radical (unpaired) electrons. The largest absolute Gasteiger partial charge is 0.298 e. The van der Waals surface area contributed by atoms with Gasteiger partial charge in [-0.05, 0) is 37.1 Å². The fraction of sp³-hybridized carbons (Fsp3) is 0.167. The lowest BCUT2D eigenvalue weighted by Crippen LogP contribution is -2.01. The number of benzene rings is 2. The third-order valence-electron chi connectivity index (χ3n) is 4.84. The highest BCUT2D eigenvalue weighted by atomic mass is 32.2. The van der Waals surface area contributed by atoms with Crippen LogP contribution >= 0.6 is 23.1 Å². The quantitative estimate of drug-likeness (QED) is 0.233. The van der Waals surface area contributed by atoms with Crippen molar-refractivity contribution in [3.8, 4) is 22.5 Å². The van der Waals surface area contributed by atoms with Crippen LogP contribution in [-0.4, -0.2) is 14.8 Å². The van der Waals surface area contributed by atoms with Crippen LogP contribution in [0.1, 0.15) is 16.0 Å². The number of aromatic nitrogens is 3. The summed E-state index contributed by atoms with van der Waals surface area (Å²) in [5.74, 6) is 1.23. The van der Waals surface area contributed by atoms with Crippen molar-refractivity contribution in [2.24, 2.45) is 0 Å². The van der Waals surface area contributed by atoms with E-state index in [-0.39, 0.29) is 5.82 Å². The lowest BCUT2D eigenvalue weighted by molar-refractivity contribution is 0.626. The van der Waals surface area contributed by atoms with Gasteiger partial charge in [-0.15, -0.1) is 28.1 Å². The minimum Gasteiger partial charge on any atom is -0.298 e. The molecule has 3 nitrogen and oxygen atoms in total. The van der Waals surface area contributed by atoms with Crippen LogP contribution in [0.15, 0.2) is 71.7 Å². The van der Waals surface area contributed by atoms with Crippen molar-refractivity contribution >= 4 is 23.1 Å². The van der Waals surface area contributed by atoms with Gasteiger partial charge in [0.05, 0.1) is 0 Å². The second-order valence-electron chi connectivity index (χ2n) is 7.07. The van der Waals surface area contributed by atoms with Crippen molar-refractivity contribution in [1.82, 2.24) is 14.8 Å². The first-order valence-electron chi connectivity index (χ1n) is 9.63. The normalized spacial score (nSPS) is 11.0. The Morgan fingerprint density at radius 1 is 1.13 bits per heavy atom. The zero-order valence-corrected chi connectivity index (χ0v) is 18.6. The van der Waals surface area contributed by atoms with Crippen LogP contribution in [0.5, 0.6) is 0 Å². The number of nitrogens with zero attached hydrogens (tertiary/aromatic N) is 3. The molecule has 0 aliphatic heterocycles. The smallest absolute Gasteiger partial charge is 0.192 e. The number of allylic oxidation sites excluding steroid dienone is 1. The zero-order chi connectivity index (χ0) is 21.1. The van der Waals surface area contributed by atoms with Crippen molar-refractivity contribution in [3.63, 3.8) is 0 Å². The number of thiophene rings is 1. The standard InChI is InChI=1S/C24H22FN3S2/c1-4-12-28-23(26-27-24(28)30-14-18-6-5-7-20(25)13-18)21-15-29-17(3)22(21)19-10-8-16(2)9-11-19/h4-11,13,15H,1,12,14H2,2-3H3. The maximum atomic E-state index is 13.5. The van der Waals surface area contributed by atoms with Gasteiger partial charge in [0.1, 0.15) is 5.82 Å². The predicted molar refractivity (Wildman–Crippen MR) is 124 cm³/mol. The first-order valence-corrected chi connectivity index (χ1v) is 11.5. The van der Waals surface area contributed by atoms with Gasteiger partial charge >= 0.3 is 0 Å². The van der Waals surface area contributed by atoms with E-state index in [1.165, 1.54) is 27.6 Å². The Labute approximate surface area is 184 Å². The summed E-state index contributed by atoms with van der Waals surface area (Å²) in [4.78, 5) is 1.25. The van der Waals surface area contributed by atoms with E-state index in [4.69, 9.17) is 0 Å². The molecule has 0 amide bonds. The Morgan fingerprint density at radius 2 is 1.93 bits per heavy atom. The molecule has 2 aromatic carbocycles. The van der Waals surface area contributed by atoms with Crippen molar-refractivity contribution in [2.75, 3.05) is 0 Å². The fourth-order valence-electron chi connectivity index (χ4n) is 3.36. The van der Waals surface area contributed by atoms with Gasteiger partial charge in [-0.1, -0.05) is 59.8 Å². The molecule has 6 heteroatoms. The molecule has 2 heterocycles. The van der Waals surface area contributed by atoms with Gasteiger partial charge in [-0.2, -0.15) is 0 Å².